The van der Waals surface area contributed by atoms with Gasteiger partial charge in [0.05, 0.1) is 5.75 Å². The monoisotopic (exact) mass is 404 g/mol. The molecule has 0 radical (unpaired) electrons. The Morgan fingerprint density at radius 2 is 1.89 bits per heavy atom. The number of para-hydroxylation sites is 1. The van der Waals surface area contributed by atoms with E-state index in [0.29, 0.717) is 6.04 Å². The van der Waals surface area contributed by atoms with E-state index >= 15 is 0 Å². The second kappa shape index (κ2) is 10.0. The lowest BCUT2D eigenvalue weighted by molar-refractivity contribution is -0.113. The number of carbonyl (C=O) groups excluding carboxylic acids is 1. The minimum Gasteiger partial charge on any atom is -0.325 e. The second-order valence-corrected chi connectivity index (χ2v) is 8.29. The minimum atomic E-state index is -0.646. The number of anilines is 1. The van der Waals surface area contributed by atoms with Gasteiger partial charge in [-0.2, -0.15) is 0 Å². The number of carbonyl (C=O) groups is 1. The molecular weight excluding hydrogens is 378 g/mol. The zero-order chi connectivity index (χ0) is 19.9. The van der Waals surface area contributed by atoms with Crippen LogP contribution in [0.1, 0.15) is 37.7 Å². The Balaban J connectivity index is 1.58. The Bertz CT molecular complexity index is 809. The van der Waals surface area contributed by atoms with Crippen molar-refractivity contribution < 1.29 is 13.6 Å². The van der Waals surface area contributed by atoms with Crippen LogP contribution in [0.4, 0.5) is 14.5 Å². The molecule has 3 nitrogen and oxygen atoms in total. The molecule has 2 aromatic rings. The first-order valence-corrected chi connectivity index (χ1v) is 10.7. The van der Waals surface area contributed by atoms with E-state index in [1.807, 2.05) is 24.3 Å². The molecule has 0 bridgehead atoms. The highest BCUT2D eigenvalue weighted by atomic mass is 32.2. The maximum absolute atomic E-state index is 13.7. The van der Waals surface area contributed by atoms with Crippen LogP contribution in [0.15, 0.2) is 47.4 Å². The van der Waals surface area contributed by atoms with Crippen LogP contribution < -0.4 is 5.32 Å². The molecule has 1 N–H and O–H groups in total. The Kier molecular flexibility index (Phi) is 7.45. The van der Waals surface area contributed by atoms with Crippen molar-refractivity contribution in [2.24, 2.45) is 0 Å². The normalized spacial score (nSPS) is 15.0. The molecule has 3 rings (SSSR count). The number of rotatable bonds is 7. The molecule has 28 heavy (non-hydrogen) atoms. The molecule has 150 valence electrons. The van der Waals surface area contributed by atoms with Crippen LogP contribution in [-0.4, -0.2) is 29.6 Å². The first kappa shape index (κ1) is 20.8. The SMILES string of the molecule is CN(Cc1ccccc1NC(=O)CSc1ccc(F)cc1F)C1CCCCC1. The summed E-state index contributed by atoms with van der Waals surface area (Å²) in [5.74, 6) is -1.41. The van der Waals surface area contributed by atoms with Gasteiger partial charge in [-0.15, -0.1) is 11.8 Å². The average molecular weight is 405 g/mol. The molecule has 1 amide bonds. The maximum atomic E-state index is 13.7. The number of halogens is 2. The Morgan fingerprint density at radius 3 is 2.64 bits per heavy atom. The zero-order valence-corrected chi connectivity index (χ0v) is 16.9. The number of nitrogens with zero attached hydrogens (tertiary/aromatic N) is 1. The van der Waals surface area contributed by atoms with Crippen molar-refractivity contribution in [1.82, 2.24) is 4.90 Å². The molecule has 0 spiro atoms. The van der Waals surface area contributed by atoms with Crippen LogP contribution in [0, 0.1) is 11.6 Å². The quantitative estimate of drug-likeness (QED) is 0.622. The van der Waals surface area contributed by atoms with Gasteiger partial charge in [0, 0.05) is 29.2 Å². The van der Waals surface area contributed by atoms with Gasteiger partial charge in [0.1, 0.15) is 11.6 Å². The first-order chi connectivity index (χ1) is 13.5. The third-order valence-electron chi connectivity index (χ3n) is 5.16. The summed E-state index contributed by atoms with van der Waals surface area (Å²) in [6.45, 7) is 0.779. The first-order valence-electron chi connectivity index (χ1n) is 9.69. The van der Waals surface area contributed by atoms with Crippen molar-refractivity contribution in [2.45, 2.75) is 49.6 Å². The smallest absolute Gasteiger partial charge is 0.234 e. The molecule has 0 saturated heterocycles. The van der Waals surface area contributed by atoms with Gasteiger partial charge in [-0.3, -0.25) is 9.69 Å². The lowest BCUT2D eigenvalue weighted by atomic mass is 9.94. The van der Waals surface area contributed by atoms with Crippen molar-refractivity contribution in [1.29, 1.82) is 0 Å². The molecule has 0 aromatic heterocycles. The molecule has 1 fully saturated rings. The van der Waals surface area contributed by atoms with E-state index in [1.165, 1.54) is 44.2 Å². The van der Waals surface area contributed by atoms with Gasteiger partial charge in [-0.25, -0.2) is 8.78 Å². The molecule has 1 aliphatic rings. The summed E-state index contributed by atoms with van der Waals surface area (Å²) in [6, 6.07) is 11.8. The second-order valence-electron chi connectivity index (χ2n) is 7.28. The van der Waals surface area contributed by atoms with Crippen LogP contribution in [-0.2, 0) is 11.3 Å². The highest BCUT2D eigenvalue weighted by Gasteiger charge is 2.19. The standard InChI is InChI=1S/C22H26F2N2OS/c1-26(18-8-3-2-4-9-18)14-16-7-5-6-10-20(16)25-22(27)15-28-21-12-11-17(23)13-19(21)24/h5-7,10-13,18H,2-4,8-9,14-15H2,1H3,(H,25,27). The topological polar surface area (TPSA) is 32.3 Å². The predicted octanol–water partition coefficient (Wildman–Crippen LogP) is 5.46. The molecule has 0 heterocycles. The van der Waals surface area contributed by atoms with Gasteiger partial charge < -0.3 is 5.32 Å². The summed E-state index contributed by atoms with van der Waals surface area (Å²) >= 11 is 1.06. The van der Waals surface area contributed by atoms with Gasteiger partial charge in [-0.05, 0) is 43.7 Å². The number of nitrogens with one attached hydrogen (secondary N) is 1. The molecule has 1 saturated carbocycles. The highest BCUT2D eigenvalue weighted by Crippen LogP contribution is 2.26. The van der Waals surface area contributed by atoms with E-state index < -0.39 is 11.6 Å². The summed E-state index contributed by atoms with van der Waals surface area (Å²) in [6.07, 6.45) is 6.34. The molecule has 6 heteroatoms. The van der Waals surface area contributed by atoms with Crippen molar-refractivity contribution in [3.63, 3.8) is 0 Å². The third kappa shape index (κ3) is 5.79. The third-order valence-corrected chi connectivity index (χ3v) is 6.21. The van der Waals surface area contributed by atoms with E-state index in [1.54, 1.807) is 0 Å². The Labute approximate surface area is 169 Å². The van der Waals surface area contributed by atoms with Crippen LogP contribution in [0.25, 0.3) is 0 Å². The lowest BCUT2D eigenvalue weighted by Gasteiger charge is -2.31. The van der Waals surface area contributed by atoms with E-state index in [-0.39, 0.29) is 16.6 Å². The summed E-state index contributed by atoms with van der Waals surface area (Å²) in [5.41, 5.74) is 1.86. The van der Waals surface area contributed by atoms with Crippen LogP contribution in [0.5, 0.6) is 0 Å². The van der Waals surface area contributed by atoms with Crippen molar-refractivity contribution in [2.75, 3.05) is 18.1 Å². The maximum Gasteiger partial charge on any atom is 0.234 e. The van der Waals surface area contributed by atoms with Crippen LogP contribution >= 0.6 is 11.8 Å². The lowest BCUT2D eigenvalue weighted by Crippen LogP contribution is -2.33. The predicted molar refractivity (Wildman–Crippen MR) is 110 cm³/mol. The number of hydrogen-bond donors (Lipinski definition) is 1. The number of hydrogen-bond acceptors (Lipinski definition) is 3. The fourth-order valence-corrected chi connectivity index (χ4v) is 4.34. The molecule has 0 aliphatic heterocycles. The van der Waals surface area contributed by atoms with Crippen molar-refractivity contribution in [3.8, 4) is 0 Å². The van der Waals surface area contributed by atoms with Gasteiger partial charge in [0.2, 0.25) is 5.91 Å². The van der Waals surface area contributed by atoms with Gasteiger partial charge in [0.25, 0.3) is 0 Å². The van der Waals surface area contributed by atoms with Crippen molar-refractivity contribution in [3.05, 3.63) is 59.7 Å². The van der Waals surface area contributed by atoms with Gasteiger partial charge in [-0.1, -0.05) is 37.5 Å². The summed E-state index contributed by atoms with van der Waals surface area (Å²) < 4.78 is 26.7. The molecule has 0 unspecified atom stereocenters. The van der Waals surface area contributed by atoms with E-state index in [9.17, 15) is 13.6 Å². The Hall–Kier alpha value is -1.92. The van der Waals surface area contributed by atoms with Gasteiger partial charge in [0.15, 0.2) is 0 Å². The average Bonchev–Trinajstić information content (AvgIpc) is 2.69. The molecule has 0 atom stereocenters. The van der Waals surface area contributed by atoms with Crippen LogP contribution in [0.3, 0.4) is 0 Å². The van der Waals surface area contributed by atoms with Crippen molar-refractivity contribution >= 4 is 23.4 Å². The Morgan fingerprint density at radius 1 is 1.14 bits per heavy atom. The fourth-order valence-electron chi connectivity index (χ4n) is 3.62. The largest absolute Gasteiger partial charge is 0.325 e. The molecule has 1 aliphatic carbocycles. The van der Waals surface area contributed by atoms with Crippen LogP contribution in [0.2, 0.25) is 0 Å². The molecular formula is C22H26F2N2OS. The number of thioether (sulfide) groups is 1. The highest BCUT2D eigenvalue weighted by molar-refractivity contribution is 8.00. The minimum absolute atomic E-state index is 0.0648. The van der Waals surface area contributed by atoms with Gasteiger partial charge >= 0.3 is 0 Å². The van der Waals surface area contributed by atoms with E-state index in [4.69, 9.17) is 0 Å². The zero-order valence-electron chi connectivity index (χ0n) is 16.1. The summed E-state index contributed by atoms with van der Waals surface area (Å²) in [7, 11) is 2.14. The van der Waals surface area contributed by atoms with E-state index in [0.717, 1.165) is 35.6 Å². The number of amides is 1. The fraction of sp³-hybridized carbons (Fsp3) is 0.409. The summed E-state index contributed by atoms with van der Waals surface area (Å²) in [5, 5.41) is 2.94. The summed E-state index contributed by atoms with van der Waals surface area (Å²) in [4.78, 5) is 15.0. The number of benzene rings is 2. The van der Waals surface area contributed by atoms with E-state index in [2.05, 4.69) is 17.3 Å². The molecule has 2 aromatic carbocycles.